The molecule has 0 aromatic carbocycles. The molecule has 0 spiro atoms. The first-order chi connectivity index (χ1) is 5.12. The monoisotopic (exact) mass is 156 g/mol. The number of hydrogen-bond acceptors (Lipinski definition) is 3. The molecule has 1 heterocycles. The summed E-state index contributed by atoms with van der Waals surface area (Å²) in [6, 6.07) is 0. The summed E-state index contributed by atoms with van der Waals surface area (Å²) in [5.74, 6) is -1.94. The van der Waals surface area contributed by atoms with Gasteiger partial charge in [-0.05, 0) is 0 Å². The van der Waals surface area contributed by atoms with Gasteiger partial charge >= 0.3 is 5.97 Å². The van der Waals surface area contributed by atoms with Crippen molar-refractivity contribution in [2.24, 2.45) is 0 Å². The molecule has 2 aliphatic rings. The van der Waals surface area contributed by atoms with E-state index in [0.29, 0.717) is 18.4 Å². The van der Waals surface area contributed by atoms with E-state index in [1.165, 1.54) is 6.08 Å². The lowest BCUT2D eigenvalue weighted by Crippen LogP contribution is -2.19. The Morgan fingerprint density at radius 1 is 1.82 bits per heavy atom. The van der Waals surface area contributed by atoms with Crippen LogP contribution in [0.4, 0.5) is 0 Å². The van der Waals surface area contributed by atoms with Crippen LogP contribution in [-0.4, -0.2) is 28.1 Å². The molecular formula is C7H8O4. The van der Waals surface area contributed by atoms with Gasteiger partial charge in [-0.1, -0.05) is 6.08 Å². The lowest BCUT2D eigenvalue weighted by molar-refractivity contribution is -0.132. The molecule has 4 nitrogen and oxygen atoms in total. The van der Waals surface area contributed by atoms with Crippen molar-refractivity contribution in [3.05, 3.63) is 11.6 Å². The van der Waals surface area contributed by atoms with E-state index in [0.717, 1.165) is 0 Å². The van der Waals surface area contributed by atoms with Crippen molar-refractivity contribution in [2.75, 3.05) is 0 Å². The third-order valence-corrected chi connectivity index (χ3v) is 2.11. The molecule has 1 aliphatic carbocycles. The van der Waals surface area contributed by atoms with Crippen molar-refractivity contribution in [3.8, 4) is 0 Å². The zero-order valence-electron chi connectivity index (χ0n) is 5.78. The van der Waals surface area contributed by atoms with Gasteiger partial charge in [-0.15, -0.1) is 0 Å². The van der Waals surface area contributed by atoms with Crippen molar-refractivity contribution < 1.29 is 19.7 Å². The van der Waals surface area contributed by atoms with E-state index < -0.39 is 11.8 Å². The van der Waals surface area contributed by atoms with E-state index in [4.69, 9.17) is 9.84 Å². The molecule has 0 aromatic rings. The molecule has 2 N–H and O–H groups in total. The maximum Gasteiger partial charge on any atom is 0.331 e. The Hall–Kier alpha value is -0.870. The zero-order chi connectivity index (χ0) is 8.06. The SMILES string of the molecule is O=C(O)C1=CCC2(O)OC2C1. The number of ether oxygens (including phenoxy) is 1. The number of epoxide rings is 1. The summed E-state index contributed by atoms with van der Waals surface area (Å²) in [4.78, 5) is 10.4. The van der Waals surface area contributed by atoms with Crippen molar-refractivity contribution in [2.45, 2.75) is 24.7 Å². The second kappa shape index (κ2) is 1.84. The third kappa shape index (κ3) is 0.948. The molecule has 2 unspecified atom stereocenters. The van der Waals surface area contributed by atoms with Gasteiger partial charge in [-0.3, -0.25) is 0 Å². The molecule has 4 heteroatoms. The van der Waals surface area contributed by atoms with Crippen LogP contribution in [0.2, 0.25) is 0 Å². The summed E-state index contributed by atoms with van der Waals surface area (Å²) >= 11 is 0. The number of rotatable bonds is 1. The molecule has 0 radical (unpaired) electrons. The smallest absolute Gasteiger partial charge is 0.331 e. The second-order valence-electron chi connectivity index (χ2n) is 2.89. The predicted octanol–water partition coefficient (Wildman–Crippen LogP) is -0.121. The summed E-state index contributed by atoms with van der Waals surface area (Å²) in [6.07, 6.45) is 1.87. The van der Waals surface area contributed by atoms with Crippen LogP contribution in [-0.2, 0) is 9.53 Å². The van der Waals surface area contributed by atoms with Crippen LogP contribution in [0.5, 0.6) is 0 Å². The fourth-order valence-electron chi connectivity index (χ4n) is 1.32. The number of carboxylic acids is 1. The molecule has 2 atom stereocenters. The van der Waals surface area contributed by atoms with Gasteiger partial charge in [0, 0.05) is 18.4 Å². The Labute approximate surface area is 63.1 Å². The van der Waals surface area contributed by atoms with Crippen LogP contribution < -0.4 is 0 Å². The van der Waals surface area contributed by atoms with E-state index in [-0.39, 0.29) is 6.10 Å². The average molecular weight is 156 g/mol. The highest BCUT2D eigenvalue weighted by atomic mass is 16.7. The highest BCUT2D eigenvalue weighted by molar-refractivity contribution is 5.87. The summed E-state index contributed by atoms with van der Waals surface area (Å²) in [6.45, 7) is 0. The standard InChI is InChI=1S/C7H8O4/c8-6(9)4-1-2-7(10)5(3-4)11-7/h1,5,10H,2-3H2,(H,8,9). The van der Waals surface area contributed by atoms with Gasteiger partial charge in [-0.2, -0.15) is 0 Å². The Morgan fingerprint density at radius 2 is 2.55 bits per heavy atom. The summed E-state index contributed by atoms with van der Waals surface area (Å²) < 4.78 is 4.89. The molecule has 0 saturated carbocycles. The number of carbonyl (C=O) groups is 1. The summed E-state index contributed by atoms with van der Waals surface area (Å²) in [7, 11) is 0. The first kappa shape index (κ1) is 6.82. The largest absolute Gasteiger partial charge is 0.478 e. The van der Waals surface area contributed by atoms with Crippen LogP contribution in [0.1, 0.15) is 12.8 Å². The molecule has 0 aromatic heterocycles. The van der Waals surface area contributed by atoms with E-state index in [1.807, 2.05) is 0 Å². The Kier molecular flexibility index (Phi) is 1.14. The van der Waals surface area contributed by atoms with Gasteiger partial charge in [0.25, 0.3) is 0 Å². The molecule has 1 fully saturated rings. The van der Waals surface area contributed by atoms with Gasteiger partial charge in [0.15, 0.2) is 5.79 Å². The van der Waals surface area contributed by atoms with Gasteiger partial charge in [-0.25, -0.2) is 4.79 Å². The van der Waals surface area contributed by atoms with Crippen LogP contribution in [0, 0.1) is 0 Å². The molecule has 0 amide bonds. The molecular weight excluding hydrogens is 148 g/mol. The number of fused-ring (bicyclic) bond motifs is 1. The van der Waals surface area contributed by atoms with Gasteiger partial charge < -0.3 is 14.9 Å². The van der Waals surface area contributed by atoms with E-state index in [1.54, 1.807) is 0 Å². The first-order valence-corrected chi connectivity index (χ1v) is 3.44. The number of aliphatic hydroxyl groups is 1. The third-order valence-electron chi connectivity index (χ3n) is 2.11. The highest BCUT2D eigenvalue weighted by Gasteiger charge is 2.56. The second-order valence-corrected chi connectivity index (χ2v) is 2.89. The Balaban J connectivity index is 2.13. The van der Waals surface area contributed by atoms with Crippen LogP contribution >= 0.6 is 0 Å². The van der Waals surface area contributed by atoms with Crippen molar-refractivity contribution >= 4 is 5.97 Å². The van der Waals surface area contributed by atoms with E-state index in [2.05, 4.69) is 0 Å². The number of hydrogen-bond donors (Lipinski definition) is 2. The average Bonchev–Trinajstić information content (AvgIpc) is 2.58. The minimum Gasteiger partial charge on any atom is -0.478 e. The number of carboxylic acid groups (broad SMARTS) is 1. The maximum atomic E-state index is 10.4. The molecule has 1 saturated heterocycles. The molecule has 2 rings (SSSR count). The quantitative estimate of drug-likeness (QED) is 0.519. The Morgan fingerprint density at radius 3 is 3.09 bits per heavy atom. The van der Waals surface area contributed by atoms with Crippen LogP contribution in [0.3, 0.4) is 0 Å². The fourth-order valence-corrected chi connectivity index (χ4v) is 1.32. The minimum atomic E-state index is -1.03. The first-order valence-electron chi connectivity index (χ1n) is 3.44. The predicted molar refractivity (Wildman–Crippen MR) is 34.8 cm³/mol. The van der Waals surface area contributed by atoms with E-state index >= 15 is 0 Å². The zero-order valence-corrected chi connectivity index (χ0v) is 5.78. The topological polar surface area (TPSA) is 70.1 Å². The molecule has 60 valence electrons. The summed E-state index contributed by atoms with van der Waals surface area (Å²) in [5, 5.41) is 17.8. The lowest BCUT2D eigenvalue weighted by Gasteiger charge is -2.08. The van der Waals surface area contributed by atoms with Crippen LogP contribution in [0.15, 0.2) is 11.6 Å². The normalized spacial score (nSPS) is 40.8. The molecule has 11 heavy (non-hydrogen) atoms. The number of aliphatic carboxylic acids is 1. The van der Waals surface area contributed by atoms with Crippen molar-refractivity contribution in [3.63, 3.8) is 0 Å². The fraction of sp³-hybridized carbons (Fsp3) is 0.571. The van der Waals surface area contributed by atoms with Gasteiger partial charge in [0.05, 0.1) is 0 Å². The minimum absolute atomic E-state index is 0.279. The Bertz CT molecular complexity index is 245. The van der Waals surface area contributed by atoms with E-state index in [9.17, 15) is 9.90 Å². The lowest BCUT2D eigenvalue weighted by atomic mass is 9.97. The van der Waals surface area contributed by atoms with Crippen molar-refractivity contribution in [1.82, 2.24) is 0 Å². The highest BCUT2D eigenvalue weighted by Crippen LogP contribution is 2.44. The van der Waals surface area contributed by atoms with Crippen LogP contribution in [0.25, 0.3) is 0 Å². The van der Waals surface area contributed by atoms with Gasteiger partial charge in [0.2, 0.25) is 0 Å². The molecule has 0 bridgehead atoms. The summed E-state index contributed by atoms with van der Waals surface area (Å²) in [5.41, 5.74) is 0.345. The van der Waals surface area contributed by atoms with Crippen molar-refractivity contribution in [1.29, 1.82) is 0 Å². The molecule has 1 aliphatic heterocycles. The van der Waals surface area contributed by atoms with Gasteiger partial charge in [0.1, 0.15) is 6.10 Å². The maximum absolute atomic E-state index is 10.4.